The van der Waals surface area contributed by atoms with Crippen LogP contribution in [0.1, 0.15) is 42.6 Å². The van der Waals surface area contributed by atoms with Crippen molar-refractivity contribution >= 4 is 11.9 Å². The molecule has 1 heterocycles. The van der Waals surface area contributed by atoms with Gasteiger partial charge in [0.1, 0.15) is 0 Å². The van der Waals surface area contributed by atoms with Crippen molar-refractivity contribution in [2.75, 3.05) is 6.61 Å². The molecule has 2 rings (SSSR count). The van der Waals surface area contributed by atoms with Gasteiger partial charge in [-0.3, -0.25) is 9.48 Å². The normalized spacial score (nSPS) is 16.1. The Morgan fingerprint density at radius 3 is 2.79 bits per heavy atom. The van der Waals surface area contributed by atoms with Crippen LogP contribution in [-0.4, -0.2) is 34.3 Å². The lowest BCUT2D eigenvalue weighted by Gasteiger charge is -2.22. The van der Waals surface area contributed by atoms with Gasteiger partial charge in [-0.05, 0) is 18.9 Å². The van der Waals surface area contributed by atoms with Gasteiger partial charge in [-0.2, -0.15) is 5.10 Å². The minimum atomic E-state index is -0.570. The van der Waals surface area contributed by atoms with Crippen LogP contribution in [-0.2, 0) is 16.6 Å². The smallest absolute Gasteiger partial charge is 0.359 e. The molecule has 0 unspecified atom stereocenters. The Morgan fingerprint density at radius 2 is 2.16 bits per heavy atom. The van der Waals surface area contributed by atoms with E-state index in [4.69, 9.17) is 4.74 Å². The fourth-order valence-corrected chi connectivity index (χ4v) is 2.25. The summed E-state index contributed by atoms with van der Waals surface area (Å²) in [5.74, 6) is -0.810. The van der Waals surface area contributed by atoms with E-state index in [1.807, 2.05) is 0 Å². The molecular weight excluding hydrogens is 246 g/mol. The number of nitrogens with one attached hydrogen (secondary N) is 1. The quantitative estimate of drug-likeness (QED) is 0.825. The minimum Gasteiger partial charge on any atom is -0.451 e. The van der Waals surface area contributed by atoms with E-state index >= 15 is 0 Å². The number of aromatic nitrogens is 2. The second-order valence-electron chi connectivity index (χ2n) is 4.85. The largest absolute Gasteiger partial charge is 0.451 e. The van der Waals surface area contributed by atoms with E-state index < -0.39 is 5.97 Å². The Kier molecular flexibility index (Phi) is 4.54. The van der Waals surface area contributed by atoms with Gasteiger partial charge in [0.05, 0.1) is 0 Å². The number of carbonyl (C=O) groups excluding carboxylic acids is 2. The van der Waals surface area contributed by atoms with E-state index in [-0.39, 0.29) is 24.2 Å². The molecule has 1 aliphatic carbocycles. The summed E-state index contributed by atoms with van der Waals surface area (Å²) in [6, 6.07) is 1.79. The van der Waals surface area contributed by atoms with E-state index in [1.54, 1.807) is 19.3 Å². The van der Waals surface area contributed by atoms with Crippen LogP contribution in [0.25, 0.3) is 0 Å². The molecule has 0 saturated heterocycles. The number of carbonyl (C=O) groups is 2. The van der Waals surface area contributed by atoms with Gasteiger partial charge >= 0.3 is 5.97 Å². The highest BCUT2D eigenvalue weighted by molar-refractivity contribution is 5.89. The van der Waals surface area contributed by atoms with Crippen molar-refractivity contribution in [2.45, 2.75) is 38.1 Å². The number of hydrogen-bond donors (Lipinski definition) is 1. The van der Waals surface area contributed by atoms with E-state index in [0.717, 1.165) is 25.7 Å². The van der Waals surface area contributed by atoms with Crippen LogP contribution in [0.15, 0.2) is 12.3 Å². The van der Waals surface area contributed by atoms with E-state index in [0.29, 0.717) is 0 Å². The van der Waals surface area contributed by atoms with Gasteiger partial charge in [0.2, 0.25) is 0 Å². The third-order valence-electron chi connectivity index (χ3n) is 3.23. The molecule has 1 aliphatic rings. The Hall–Kier alpha value is -1.85. The number of ether oxygens (including phenoxy) is 1. The summed E-state index contributed by atoms with van der Waals surface area (Å²) >= 11 is 0. The summed E-state index contributed by atoms with van der Waals surface area (Å²) < 4.78 is 6.43. The summed E-state index contributed by atoms with van der Waals surface area (Å²) in [6.45, 7) is -0.244. The topological polar surface area (TPSA) is 73.2 Å². The van der Waals surface area contributed by atoms with Crippen LogP contribution in [0.2, 0.25) is 0 Å². The zero-order valence-electron chi connectivity index (χ0n) is 11.1. The molecule has 6 heteroatoms. The van der Waals surface area contributed by atoms with Crippen LogP contribution >= 0.6 is 0 Å². The molecule has 0 spiro atoms. The highest BCUT2D eigenvalue weighted by Crippen LogP contribution is 2.17. The second kappa shape index (κ2) is 6.36. The second-order valence-corrected chi connectivity index (χ2v) is 4.85. The van der Waals surface area contributed by atoms with Crippen molar-refractivity contribution < 1.29 is 14.3 Å². The van der Waals surface area contributed by atoms with E-state index in [2.05, 4.69) is 10.4 Å². The lowest BCUT2D eigenvalue weighted by molar-refractivity contribution is -0.125. The van der Waals surface area contributed by atoms with Crippen LogP contribution in [0.3, 0.4) is 0 Å². The highest BCUT2D eigenvalue weighted by atomic mass is 16.5. The molecule has 0 radical (unpaired) electrons. The molecule has 0 atom stereocenters. The number of aryl methyl sites for hydroxylation is 1. The molecule has 1 fully saturated rings. The van der Waals surface area contributed by atoms with Gasteiger partial charge in [0.25, 0.3) is 5.91 Å². The van der Waals surface area contributed by atoms with Gasteiger partial charge in [-0.1, -0.05) is 19.3 Å². The minimum absolute atomic E-state index is 0.216. The SMILES string of the molecule is Cn1ccc(C(=O)OCC(=O)NC2CCCCC2)n1. The Bertz CT molecular complexity index is 450. The van der Waals surface area contributed by atoms with Gasteiger partial charge in [-0.15, -0.1) is 0 Å². The molecule has 1 aromatic heterocycles. The molecule has 6 nitrogen and oxygen atoms in total. The van der Waals surface area contributed by atoms with Gasteiger partial charge < -0.3 is 10.1 Å². The van der Waals surface area contributed by atoms with Crippen molar-refractivity contribution in [3.05, 3.63) is 18.0 Å². The molecule has 0 aromatic carbocycles. The number of esters is 1. The first-order valence-corrected chi connectivity index (χ1v) is 6.61. The standard InChI is InChI=1S/C13H19N3O3/c1-16-8-7-11(15-16)13(18)19-9-12(17)14-10-5-3-2-4-6-10/h7-8,10H,2-6,9H2,1H3,(H,14,17). The fraction of sp³-hybridized carbons (Fsp3) is 0.615. The number of nitrogens with zero attached hydrogens (tertiary/aromatic N) is 2. The highest BCUT2D eigenvalue weighted by Gasteiger charge is 2.17. The molecule has 104 valence electrons. The van der Waals surface area contributed by atoms with Crippen LogP contribution in [0, 0.1) is 0 Å². The first kappa shape index (κ1) is 13.6. The van der Waals surface area contributed by atoms with Gasteiger partial charge in [-0.25, -0.2) is 4.79 Å². The average Bonchev–Trinajstić information content (AvgIpc) is 2.84. The number of rotatable bonds is 4. The molecule has 1 saturated carbocycles. The summed E-state index contributed by atoms with van der Waals surface area (Å²) in [4.78, 5) is 23.2. The van der Waals surface area contributed by atoms with Crippen LogP contribution in [0.4, 0.5) is 0 Å². The molecule has 0 bridgehead atoms. The third kappa shape index (κ3) is 4.08. The van der Waals surface area contributed by atoms with Crippen LogP contribution < -0.4 is 5.32 Å². The fourth-order valence-electron chi connectivity index (χ4n) is 2.25. The van der Waals surface area contributed by atoms with Gasteiger partial charge in [0.15, 0.2) is 12.3 Å². The monoisotopic (exact) mass is 265 g/mol. The number of amides is 1. The maximum Gasteiger partial charge on any atom is 0.359 e. The Balaban J connectivity index is 1.72. The summed E-state index contributed by atoms with van der Waals surface area (Å²) in [6.07, 6.45) is 7.22. The first-order valence-electron chi connectivity index (χ1n) is 6.61. The molecule has 1 aromatic rings. The average molecular weight is 265 g/mol. The molecular formula is C13H19N3O3. The molecule has 19 heavy (non-hydrogen) atoms. The molecule has 1 amide bonds. The predicted molar refractivity (Wildman–Crippen MR) is 68.5 cm³/mol. The van der Waals surface area contributed by atoms with E-state index in [9.17, 15) is 9.59 Å². The van der Waals surface area contributed by atoms with Crippen molar-refractivity contribution in [1.29, 1.82) is 0 Å². The summed E-state index contributed by atoms with van der Waals surface area (Å²) in [5, 5.41) is 6.80. The first-order chi connectivity index (χ1) is 9.15. The van der Waals surface area contributed by atoms with Gasteiger partial charge in [0, 0.05) is 19.3 Å². The molecule has 1 N–H and O–H groups in total. The van der Waals surface area contributed by atoms with Crippen molar-refractivity contribution in [2.24, 2.45) is 7.05 Å². The zero-order chi connectivity index (χ0) is 13.7. The third-order valence-corrected chi connectivity index (χ3v) is 3.23. The lowest BCUT2D eigenvalue weighted by Crippen LogP contribution is -2.38. The Morgan fingerprint density at radius 1 is 1.42 bits per heavy atom. The lowest BCUT2D eigenvalue weighted by atomic mass is 9.95. The van der Waals surface area contributed by atoms with Crippen molar-refractivity contribution in [3.63, 3.8) is 0 Å². The Labute approximate surface area is 112 Å². The molecule has 0 aliphatic heterocycles. The number of hydrogen-bond acceptors (Lipinski definition) is 4. The van der Waals surface area contributed by atoms with Crippen LogP contribution in [0.5, 0.6) is 0 Å². The maximum atomic E-state index is 11.6. The predicted octanol–water partition coefficient (Wildman–Crippen LogP) is 1.03. The van der Waals surface area contributed by atoms with E-state index in [1.165, 1.54) is 11.1 Å². The van der Waals surface area contributed by atoms with Crippen molar-refractivity contribution in [1.82, 2.24) is 15.1 Å². The summed E-state index contributed by atoms with van der Waals surface area (Å²) in [7, 11) is 1.71. The maximum absolute atomic E-state index is 11.6. The van der Waals surface area contributed by atoms with Crippen molar-refractivity contribution in [3.8, 4) is 0 Å². The zero-order valence-corrected chi connectivity index (χ0v) is 11.1. The summed E-state index contributed by atoms with van der Waals surface area (Å²) in [5.41, 5.74) is 0.216.